The zero-order valence-electron chi connectivity index (χ0n) is 16.8. The van der Waals surface area contributed by atoms with E-state index in [4.69, 9.17) is 0 Å². The van der Waals surface area contributed by atoms with Crippen LogP contribution in [-0.2, 0) is 0 Å². The summed E-state index contributed by atoms with van der Waals surface area (Å²) in [5.41, 5.74) is 5.04. The Morgan fingerprint density at radius 3 is 2.17 bits per heavy atom. The van der Waals surface area contributed by atoms with Crippen molar-refractivity contribution in [2.24, 2.45) is 0 Å². The molecule has 2 aromatic carbocycles. The molecule has 2 amide bonds. The molecular weight excluding hydrogens is 362 g/mol. The summed E-state index contributed by atoms with van der Waals surface area (Å²) in [4.78, 5) is 16.6. The SMILES string of the molecule is Cc1cc(C)cc(NC(=O)N2CCN(c3ccc(-c4ccccc4)nn3)CC2)c1. The van der Waals surface area contributed by atoms with E-state index in [9.17, 15) is 4.79 Å². The molecule has 1 fully saturated rings. The minimum absolute atomic E-state index is 0.0554. The van der Waals surface area contributed by atoms with Gasteiger partial charge in [-0.1, -0.05) is 36.4 Å². The number of nitrogens with zero attached hydrogens (tertiary/aromatic N) is 4. The van der Waals surface area contributed by atoms with E-state index in [0.717, 1.165) is 47.0 Å². The predicted octanol–water partition coefficient (Wildman–Crippen LogP) is 4.11. The van der Waals surface area contributed by atoms with Gasteiger partial charge in [-0.3, -0.25) is 0 Å². The van der Waals surface area contributed by atoms with Crippen molar-refractivity contribution in [1.29, 1.82) is 0 Å². The molecule has 0 saturated carbocycles. The van der Waals surface area contributed by atoms with Crippen LogP contribution in [0.5, 0.6) is 0 Å². The van der Waals surface area contributed by atoms with E-state index in [1.54, 1.807) is 0 Å². The Hall–Kier alpha value is -3.41. The maximum Gasteiger partial charge on any atom is 0.321 e. The molecule has 6 heteroatoms. The van der Waals surface area contributed by atoms with Crippen molar-refractivity contribution >= 4 is 17.5 Å². The maximum atomic E-state index is 12.6. The third-order valence-electron chi connectivity index (χ3n) is 5.08. The minimum atomic E-state index is -0.0554. The second-order valence-corrected chi connectivity index (χ2v) is 7.42. The molecule has 0 unspecified atom stereocenters. The summed E-state index contributed by atoms with van der Waals surface area (Å²) in [6, 6.07) is 20.0. The number of amides is 2. The van der Waals surface area contributed by atoms with Crippen LogP contribution in [0.2, 0.25) is 0 Å². The molecule has 29 heavy (non-hydrogen) atoms. The van der Waals surface area contributed by atoms with Gasteiger partial charge in [-0.05, 0) is 49.2 Å². The topological polar surface area (TPSA) is 61.4 Å². The molecule has 0 atom stereocenters. The minimum Gasteiger partial charge on any atom is -0.352 e. The van der Waals surface area contributed by atoms with Gasteiger partial charge in [0, 0.05) is 37.4 Å². The van der Waals surface area contributed by atoms with Gasteiger partial charge in [-0.25, -0.2) is 4.79 Å². The maximum absolute atomic E-state index is 12.6. The molecule has 1 aromatic heterocycles. The molecular formula is C23H25N5O. The fraction of sp³-hybridized carbons (Fsp3) is 0.261. The normalized spacial score (nSPS) is 14.0. The van der Waals surface area contributed by atoms with Crippen molar-refractivity contribution in [3.63, 3.8) is 0 Å². The Labute approximate surface area is 171 Å². The van der Waals surface area contributed by atoms with Crippen LogP contribution in [-0.4, -0.2) is 47.3 Å². The van der Waals surface area contributed by atoms with E-state index >= 15 is 0 Å². The van der Waals surface area contributed by atoms with Gasteiger partial charge in [-0.15, -0.1) is 10.2 Å². The van der Waals surface area contributed by atoms with Gasteiger partial charge in [0.05, 0.1) is 5.69 Å². The van der Waals surface area contributed by atoms with Gasteiger partial charge in [-0.2, -0.15) is 0 Å². The van der Waals surface area contributed by atoms with E-state index in [-0.39, 0.29) is 6.03 Å². The lowest BCUT2D eigenvalue weighted by atomic mass is 10.1. The summed E-state index contributed by atoms with van der Waals surface area (Å²) in [5, 5.41) is 11.8. The number of carbonyl (C=O) groups is 1. The summed E-state index contributed by atoms with van der Waals surface area (Å²) >= 11 is 0. The van der Waals surface area contributed by atoms with Crippen LogP contribution >= 0.6 is 0 Å². The largest absolute Gasteiger partial charge is 0.352 e. The number of rotatable bonds is 3. The molecule has 0 spiro atoms. The van der Waals surface area contributed by atoms with E-state index in [1.165, 1.54) is 0 Å². The molecule has 0 radical (unpaired) electrons. The molecule has 6 nitrogen and oxygen atoms in total. The molecule has 2 heterocycles. The number of piperazine rings is 1. The Kier molecular flexibility index (Phi) is 5.42. The molecule has 1 saturated heterocycles. The van der Waals surface area contributed by atoms with Crippen molar-refractivity contribution in [1.82, 2.24) is 15.1 Å². The van der Waals surface area contributed by atoms with Gasteiger partial charge in [0.2, 0.25) is 0 Å². The molecule has 1 N–H and O–H groups in total. The van der Waals surface area contributed by atoms with Crippen molar-refractivity contribution in [3.8, 4) is 11.3 Å². The first-order chi connectivity index (χ1) is 14.1. The summed E-state index contributed by atoms with van der Waals surface area (Å²) < 4.78 is 0. The predicted molar refractivity (Wildman–Crippen MR) is 116 cm³/mol. The van der Waals surface area contributed by atoms with Gasteiger partial charge in [0.25, 0.3) is 0 Å². The highest BCUT2D eigenvalue weighted by Gasteiger charge is 2.22. The van der Waals surface area contributed by atoms with E-state index in [1.807, 2.05) is 73.3 Å². The van der Waals surface area contributed by atoms with E-state index in [0.29, 0.717) is 13.1 Å². The van der Waals surface area contributed by atoms with Crippen LogP contribution < -0.4 is 10.2 Å². The van der Waals surface area contributed by atoms with Crippen molar-refractivity contribution in [2.45, 2.75) is 13.8 Å². The van der Waals surface area contributed by atoms with Crippen molar-refractivity contribution in [3.05, 3.63) is 71.8 Å². The molecule has 4 rings (SSSR count). The van der Waals surface area contributed by atoms with Crippen LogP contribution in [0.3, 0.4) is 0 Å². The lowest BCUT2D eigenvalue weighted by molar-refractivity contribution is 0.208. The first-order valence-electron chi connectivity index (χ1n) is 9.87. The van der Waals surface area contributed by atoms with Gasteiger partial charge >= 0.3 is 6.03 Å². The second-order valence-electron chi connectivity index (χ2n) is 7.42. The van der Waals surface area contributed by atoms with Gasteiger partial charge in [0.1, 0.15) is 0 Å². The highest BCUT2D eigenvalue weighted by atomic mass is 16.2. The van der Waals surface area contributed by atoms with Crippen LogP contribution in [0.4, 0.5) is 16.3 Å². The number of aromatic nitrogens is 2. The van der Waals surface area contributed by atoms with E-state index < -0.39 is 0 Å². The van der Waals surface area contributed by atoms with Crippen LogP contribution in [0.25, 0.3) is 11.3 Å². The fourth-order valence-electron chi connectivity index (χ4n) is 3.64. The fourth-order valence-corrected chi connectivity index (χ4v) is 3.64. The molecule has 3 aromatic rings. The molecule has 1 aliphatic heterocycles. The lowest BCUT2D eigenvalue weighted by Crippen LogP contribution is -2.50. The summed E-state index contributed by atoms with van der Waals surface area (Å²) in [7, 11) is 0. The van der Waals surface area contributed by atoms with Crippen molar-refractivity contribution in [2.75, 3.05) is 36.4 Å². The van der Waals surface area contributed by atoms with Crippen LogP contribution in [0.1, 0.15) is 11.1 Å². The number of benzene rings is 2. The first-order valence-corrected chi connectivity index (χ1v) is 9.87. The Morgan fingerprint density at radius 1 is 0.862 bits per heavy atom. The molecule has 0 aliphatic carbocycles. The Morgan fingerprint density at radius 2 is 1.55 bits per heavy atom. The standard InChI is InChI=1S/C23H25N5O/c1-17-14-18(2)16-20(15-17)24-23(29)28-12-10-27(11-13-28)22-9-8-21(25-26-22)19-6-4-3-5-7-19/h3-9,14-16H,10-13H2,1-2H3,(H,24,29). The number of carbonyl (C=O) groups excluding carboxylic acids is 1. The molecule has 0 bridgehead atoms. The quantitative estimate of drug-likeness (QED) is 0.735. The highest BCUT2D eigenvalue weighted by Crippen LogP contribution is 2.20. The number of nitrogens with one attached hydrogen (secondary N) is 1. The number of anilines is 2. The lowest BCUT2D eigenvalue weighted by Gasteiger charge is -2.35. The number of hydrogen-bond donors (Lipinski definition) is 1. The third kappa shape index (κ3) is 4.54. The van der Waals surface area contributed by atoms with Crippen LogP contribution in [0, 0.1) is 13.8 Å². The van der Waals surface area contributed by atoms with Gasteiger partial charge in [0.15, 0.2) is 5.82 Å². The highest BCUT2D eigenvalue weighted by molar-refractivity contribution is 5.89. The Bertz CT molecular complexity index is 960. The second kappa shape index (κ2) is 8.31. The number of aryl methyl sites for hydroxylation is 2. The number of urea groups is 1. The Balaban J connectivity index is 1.35. The molecule has 148 valence electrons. The van der Waals surface area contributed by atoms with Gasteiger partial charge < -0.3 is 15.1 Å². The third-order valence-corrected chi connectivity index (χ3v) is 5.08. The smallest absolute Gasteiger partial charge is 0.321 e. The monoisotopic (exact) mass is 387 g/mol. The molecule has 1 aliphatic rings. The zero-order valence-corrected chi connectivity index (χ0v) is 16.8. The summed E-state index contributed by atoms with van der Waals surface area (Å²) in [6.07, 6.45) is 0. The average molecular weight is 387 g/mol. The van der Waals surface area contributed by atoms with Crippen molar-refractivity contribution < 1.29 is 4.79 Å². The number of hydrogen-bond acceptors (Lipinski definition) is 4. The average Bonchev–Trinajstić information content (AvgIpc) is 2.74. The van der Waals surface area contributed by atoms with Crippen LogP contribution in [0.15, 0.2) is 60.7 Å². The zero-order chi connectivity index (χ0) is 20.2. The first kappa shape index (κ1) is 18.9. The summed E-state index contributed by atoms with van der Waals surface area (Å²) in [5.74, 6) is 0.846. The van der Waals surface area contributed by atoms with E-state index in [2.05, 4.69) is 26.5 Å². The summed E-state index contributed by atoms with van der Waals surface area (Å²) in [6.45, 7) is 6.84.